The number of nitrogens with zero attached hydrogens (tertiary/aromatic N) is 2. The van der Waals surface area contributed by atoms with Gasteiger partial charge < -0.3 is 8.83 Å². The van der Waals surface area contributed by atoms with E-state index >= 15 is 0 Å². The average molecular weight is 557 g/mol. The standard InChI is InChI=1S/C34H24N2O2S2/c1-3-7-23(8-4-1)21-39-27-15-11-25(12-16-27)33-35-29-19-30-32(20-31(29)37-33)38-34(36-30)26-13-17-28(18-14-26)40-22-24-9-5-2-6-10-24/h1-20H,21-22H2. The Labute approximate surface area is 240 Å². The highest BCUT2D eigenvalue weighted by Gasteiger charge is 2.14. The Morgan fingerprint density at radius 2 is 0.900 bits per heavy atom. The molecular weight excluding hydrogens is 533 g/mol. The summed E-state index contributed by atoms with van der Waals surface area (Å²) in [5, 5.41) is 0. The van der Waals surface area contributed by atoms with Crippen LogP contribution in [0.25, 0.3) is 45.1 Å². The molecule has 0 amide bonds. The van der Waals surface area contributed by atoms with Gasteiger partial charge in [0.15, 0.2) is 11.2 Å². The number of benzene rings is 5. The predicted octanol–water partition coefficient (Wildman–Crippen LogP) is 9.89. The first kappa shape index (κ1) is 24.8. The lowest BCUT2D eigenvalue weighted by molar-refractivity contribution is 0.609. The number of aromatic nitrogens is 2. The van der Waals surface area contributed by atoms with E-state index in [1.54, 1.807) is 0 Å². The van der Waals surface area contributed by atoms with Crippen molar-refractivity contribution in [3.63, 3.8) is 0 Å². The van der Waals surface area contributed by atoms with Crippen molar-refractivity contribution in [2.24, 2.45) is 0 Å². The number of hydrogen-bond acceptors (Lipinski definition) is 6. The fourth-order valence-electron chi connectivity index (χ4n) is 4.47. The number of fused-ring (bicyclic) bond motifs is 2. The molecule has 4 nitrogen and oxygen atoms in total. The summed E-state index contributed by atoms with van der Waals surface area (Å²) in [6, 6.07) is 41.5. The van der Waals surface area contributed by atoms with E-state index in [1.165, 1.54) is 20.9 Å². The van der Waals surface area contributed by atoms with E-state index in [0.29, 0.717) is 22.9 Å². The van der Waals surface area contributed by atoms with Gasteiger partial charge in [-0.05, 0) is 65.7 Å². The molecule has 7 aromatic rings. The molecule has 0 spiro atoms. The molecule has 2 heterocycles. The molecule has 0 bridgehead atoms. The van der Waals surface area contributed by atoms with Gasteiger partial charge in [-0.2, -0.15) is 0 Å². The smallest absolute Gasteiger partial charge is 0.227 e. The molecule has 0 fully saturated rings. The van der Waals surface area contributed by atoms with Crippen LogP contribution < -0.4 is 0 Å². The Bertz CT molecular complexity index is 1690. The number of hydrogen-bond donors (Lipinski definition) is 0. The molecule has 0 saturated heterocycles. The minimum atomic E-state index is 0.589. The lowest BCUT2D eigenvalue weighted by Crippen LogP contribution is -1.81. The third kappa shape index (κ3) is 5.41. The van der Waals surface area contributed by atoms with Crippen LogP contribution in [0.5, 0.6) is 0 Å². The van der Waals surface area contributed by atoms with Crippen LogP contribution in [0, 0.1) is 0 Å². The first-order valence-corrected chi connectivity index (χ1v) is 15.0. The van der Waals surface area contributed by atoms with Crippen LogP contribution in [-0.4, -0.2) is 9.97 Å². The topological polar surface area (TPSA) is 52.1 Å². The van der Waals surface area contributed by atoms with Gasteiger partial charge >= 0.3 is 0 Å². The second kappa shape index (κ2) is 11.1. The zero-order chi connectivity index (χ0) is 26.7. The van der Waals surface area contributed by atoms with Crippen molar-refractivity contribution in [2.75, 3.05) is 0 Å². The Balaban J connectivity index is 1.06. The highest BCUT2D eigenvalue weighted by atomic mass is 32.2. The molecule has 2 aromatic heterocycles. The summed E-state index contributed by atoms with van der Waals surface area (Å²) >= 11 is 3.63. The summed E-state index contributed by atoms with van der Waals surface area (Å²) in [5.41, 5.74) is 7.39. The van der Waals surface area contributed by atoms with Crippen LogP contribution in [0.4, 0.5) is 0 Å². The van der Waals surface area contributed by atoms with Crippen LogP contribution in [0.3, 0.4) is 0 Å². The van der Waals surface area contributed by atoms with Gasteiger partial charge in [0.2, 0.25) is 11.8 Å². The predicted molar refractivity (Wildman–Crippen MR) is 164 cm³/mol. The van der Waals surface area contributed by atoms with Crippen molar-refractivity contribution in [3.05, 3.63) is 132 Å². The normalized spacial score (nSPS) is 11.4. The van der Waals surface area contributed by atoms with E-state index in [-0.39, 0.29) is 0 Å². The van der Waals surface area contributed by atoms with Gasteiger partial charge in [-0.3, -0.25) is 0 Å². The van der Waals surface area contributed by atoms with Gasteiger partial charge in [-0.25, -0.2) is 9.97 Å². The van der Waals surface area contributed by atoms with Crippen molar-refractivity contribution >= 4 is 45.7 Å². The number of thioether (sulfide) groups is 2. The van der Waals surface area contributed by atoms with Gasteiger partial charge in [0.05, 0.1) is 0 Å². The van der Waals surface area contributed by atoms with Crippen molar-refractivity contribution in [2.45, 2.75) is 21.3 Å². The highest BCUT2D eigenvalue weighted by molar-refractivity contribution is 7.98. The fourth-order valence-corrected chi connectivity index (χ4v) is 6.17. The lowest BCUT2D eigenvalue weighted by Gasteiger charge is -2.03. The summed E-state index contributed by atoms with van der Waals surface area (Å²) in [5.74, 6) is 3.06. The summed E-state index contributed by atoms with van der Waals surface area (Å²) in [4.78, 5) is 11.9. The SMILES string of the molecule is c1ccc(CSc2ccc(-c3nc4cc5nc(-c6ccc(SCc7ccccc7)cc6)oc5cc4o3)cc2)cc1. The maximum atomic E-state index is 6.12. The number of rotatable bonds is 8. The van der Waals surface area contributed by atoms with E-state index in [0.717, 1.165) is 33.7 Å². The molecule has 6 heteroatoms. The molecule has 7 rings (SSSR count). The molecule has 5 aromatic carbocycles. The van der Waals surface area contributed by atoms with E-state index < -0.39 is 0 Å². The molecule has 0 atom stereocenters. The van der Waals surface area contributed by atoms with Crippen LogP contribution in [0.15, 0.2) is 140 Å². The Kier molecular flexibility index (Phi) is 6.86. The highest BCUT2D eigenvalue weighted by Crippen LogP contribution is 2.33. The molecular formula is C34H24N2O2S2. The van der Waals surface area contributed by atoms with Crippen molar-refractivity contribution < 1.29 is 8.83 Å². The largest absolute Gasteiger partial charge is 0.436 e. The molecule has 0 aliphatic heterocycles. The Hall–Kier alpha value is -4.26. The molecule has 40 heavy (non-hydrogen) atoms. The van der Waals surface area contributed by atoms with Gasteiger partial charge in [0.1, 0.15) is 11.0 Å². The summed E-state index contributed by atoms with van der Waals surface area (Å²) in [7, 11) is 0. The zero-order valence-corrected chi connectivity index (χ0v) is 23.1. The van der Waals surface area contributed by atoms with Gasteiger partial charge in [-0.15, -0.1) is 23.5 Å². The summed E-state index contributed by atoms with van der Waals surface area (Å²) < 4.78 is 12.2. The summed E-state index contributed by atoms with van der Waals surface area (Å²) in [6.07, 6.45) is 0. The third-order valence-electron chi connectivity index (χ3n) is 6.60. The van der Waals surface area contributed by atoms with Crippen LogP contribution in [0.2, 0.25) is 0 Å². The molecule has 0 unspecified atom stereocenters. The van der Waals surface area contributed by atoms with Crippen LogP contribution in [-0.2, 0) is 11.5 Å². The molecule has 194 valence electrons. The third-order valence-corrected chi connectivity index (χ3v) is 8.76. The molecule has 0 aliphatic rings. The second-order valence-corrected chi connectivity index (χ2v) is 11.5. The van der Waals surface area contributed by atoms with E-state index in [1.807, 2.05) is 47.8 Å². The molecule has 0 saturated carbocycles. The van der Waals surface area contributed by atoms with E-state index in [4.69, 9.17) is 18.8 Å². The Morgan fingerprint density at radius 3 is 1.32 bits per heavy atom. The first-order valence-electron chi connectivity index (χ1n) is 13.0. The number of oxazole rings is 2. The average Bonchev–Trinajstić information content (AvgIpc) is 3.63. The second-order valence-electron chi connectivity index (χ2n) is 9.42. The van der Waals surface area contributed by atoms with E-state index in [9.17, 15) is 0 Å². The van der Waals surface area contributed by atoms with Gasteiger partial charge in [0, 0.05) is 38.5 Å². The van der Waals surface area contributed by atoms with Crippen LogP contribution in [0.1, 0.15) is 11.1 Å². The Morgan fingerprint density at radius 1 is 0.475 bits per heavy atom. The molecule has 0 aliphatic carbocycles. The molecule has 0 N–H and O–H groups in total. The summed E-state index contributed by atoms with van der Waals surface area (Å²) in [6.45, 7) is 0. The van der Waals surface area contributed by atoms with Crippen LogP contribution >= 0.6 is 23.5 Å². The van der Waals surface area contributed by atoms with Gasteiger partial charge in [-0.1, -0.05) is 60.7 Å². The minimum Gasteiger partial charge on any atom is -0.436 e. The molecule has 0 radical (unpaired) electrons. The minimum absolute atomic E-state index is 0.589. The van der Waals surface area contributed by atoms with Gasteiger partial charge in [0.25, 0.3) is 0 Å². The quantitative estimate of drug-likeness (QED) is 0.174. The van der Waals surface area contributed by atoms with E-state index in [2.05, 4.69) is 97.1 Å². The van der Waals surface area contributed by atoms with Crippen molar-refractivity contribution in [1.82, 2.24) is 9.97 Å². The monoisotopic (exact) mass is 556 g/mol. The van der Waals surface area contributed by atoms with Crippen molar-refractivity contribution in [1.29, 1.82) is 0 Å². The maximum absolute atomic E-state index is 6.12. The zero-order valence-electron chi connectivity index (χ0n) is 21.5. The first-order chi connectivity index (χ1) is 19.8. The maximum Gasteiger partial charge on any atom is 0.227 e. The fraction of sp³-hybridized carbons (Fsp3) is 0.0588. The van der Waals surface area contributed by atoms with Crippen molar-refractivity contribution in [3.8, 4) is 22.9 Å². The lowest BCUT2D eigenvalue weighted by atomic mass is 10.2.